The molecule has 0 amide bonds. The summed E-state index contributed by atoms with van der Waals surface area (Å²) in [6.07, 6.45) is 5.72. The van der Waals surface area contributed by atoms with E-state index in [1.54, 1.807) is 0 Å². The molecular weight excluding hydrogens is 250 g/mol. The van der Waals surface area contributed by atoms with Gasteiger partial charge < -0.3 is 14.5 Å². The molecule has 1 saturated heterocycles. The zero-order valence-electron chi connectivity index (χ0n) is 13.8. The first-order chi connectivity index (χ1) is 9.58. The maximum absolute atomic E-state index is 5.45. The Labute approximate surface area is 125 Å². The summed E-state index contributed by atoms with van der Waals surface area (Å²) in [7, 11) is 8.44. The number of methoxy groups -OCH3 is 1. The van der Waals surface area contributed by atoms with E-state index in [0.717, 1.165) is 12.0 Å². The van der Waals surface area contributed by atoms with E-state index in [-0.39, 0.29) is 0 Å². The lowest BCUT2D eigenvalue weighted by Gasteiger charge is -2.44. The molecule has 0 bridgehead atoms. The van der Waals surface area contributed by atoms with Gasteiger partial charge in [0.05, 0.1) is 6.10 Å². The molecule has 0 aromatic heterocycles. The van der Waals surface area contributed by atoms with Gasteiger partial charge in [0.25, 0.3) is 0 Å². The highest BCUT2D eigenvalue weighted by atomic mass is 16.5. The molecule has 0 atom stereocenters. The van der Waals surface area contributed by atoms with Crippen LogP contribution in [-0.2, 0) is 4.74 Å². The molecule has 1 aliphatic carbocycles. The molecule has 1 aliphatic heterocycles. The number of ether oxygens (including phenoxy) is 1. The van der Waals surface area contributed by atoms with E-state index in [9.17, 15) is 0 Å². The van der Waals surface area contributed by atoms with E-state index >= 15 is 0 Å². The van der Waals surface area contributed by atoms with Gasteiger partial charge in [-0.2, -0.15) is 0 Å². The fourth-order valence-corrected chi connectivity index (χ4v) is 3.36. The summed E-state index contributed by atoms with van der Waals surface area (Å²) in [5.41, 5.74) is 0. The second-order valence-corrected chi connectivity index (χ2v) is 7.03. The van der Waals surface area contributed by atoms with Gasteiger partial charge in [-0.25, -0.2) is 0 Å². The highest BCUT2D eigenvalue weighted by molar-refractivity contribution is 4.89. The molecule has 20 heavy (non-hydrogen) atoms. The van der Waals surface area contributed by atoms with Crippen LogP contribution >= 0.6 is 0 Å². The second-order valence-electron chi connectivity index (χ2n) is 7.03. The van der Waals surface area contributed by atoms with E-state index in [4.69, 9.17) is 4.74 Å². The topological polar surface area (TPSA) is 19.0 Å². The number of hydrogen-bond acceptors (Lipinski definition) is 4. The third kappa shape index (κ3) is 4.69. The number of likely N-dealkylation sites (N-methyl/N-ethyl adjacent to an activating group) is 1. The van der Waals surface area contributed by atoms with Crippen LogP contribution in [0.3, 0.4) is 0 Å². The molecule has 2 aliphatic rings. The Hall–Kier alpha value is -0.160. The van der Waals surface area contributed by atoms with Crippen molar-refractivity contribution < 1.29 is 4.74 Å². The molecule has 1 heterocycles. The maximum atomic E-state index is 5.45. The van der Waals surface area contributed by atoms with E-state index < -0.39 is 0 Å². The molecule has 0 aromatic carbocycles. The van der Waals surface area contributed by atoms with Crippen LogP contribution in [0.5, 0.6) is 0 Å². The summed E-state index contributed by atoms with van der Waals surface area (Å²) >= 11 is 0. The molecule has 2 rings (SSSR count). The number of rotatable bonds is 7. The third-order valence-corrected chi connectivity index (χ3v) is 5.08. The number of piperidine rings is 1. The molecule has 0 radical (unpaired) electrons. The molecular formula is C16H33N3O. The molecule has 4 heteroatoms. The first-order valence-electron chi connectivity index (χ1n) is 8.18. The predicted octanol–water partition coefficient (Wildman–Crippen LogP) is 1.37. The quantitative estimate of drug-likeness (QED) is 0.702. The van der Waals surface area contributed by atoms with Gasteiger partial charge in [-0.3, -0.25) is 4.90 Å². The Kier molecular flexibility index (Phi) is 6.27. The van der Waals surface area contributed by atoms with Crippen molar-refractivity contribution >= 4 is 0 Å². The van der Waals surface area contributed by atoms with E-state index in [1.165, 1.54) is 58.4 Å². The van der Waals surface area contributed by atoms with Crippen LogP contribution in [0.4, 0.5) is 0 Å². The van der Waals surface area contributed by atoms with Crippen LogP contribution < -0.4 is 0 Å². The van der Waals surface area contributed by atoms with Crippen LogP contribution in [0, 0.1) is 5.92 Å². The molecule has 2 fully saturated rings. The fourth-order valence-electron chi connectivity index (χ4n) is 3.36. The van der Waals surface area contributed by atoms with E-state index in [0.29, 0.717) is 6.10 Å². The normalized spacial score (nSPS) is 29.1. The van der Waals surface area contributed by atoms with Gasteiger partial charge in [0, 0.05) is 32.8 Å². The van der Waals surface area contributed by atoms with Gasteiger partial charge in [-0.05, 0) is 65.8 Å². The predicted molar refractivity (Wildman–Crippen MR) is 84.2 cm³/mol. The zero-order valence-corrected chi connectivity index (χ0v) is 13.8. The molecule has 0 unspecified atom stereocenters. The van der Waals surface area contributed by atoms with Crippen LogP contribution in [0.1, 0.15) is 25.7 Å². The van der Waals surface area contributed by atoms with Gasteiger partial charge in [-0.1, -0.05) is 0 Å². The van der Waals surface area contributed by atoms with Gasteiger partial charge in [0.2, 0.25) is 0 Å². The van der Waals surface area contributed by atoms with Gasteiger partial charge in [-0.15, -0.1) is 0 Å². The van der Waals surface area contributed by atoms with Crippen LogP contribution in [0.2, 0.25) is 0 Å². The Morgan fingerprint density at radius 3 is 2.30 bits per heavy atom. The van der Waals surface area contributed by atoms with Gasteiger partial charge in [0.1, 0.15) is 0 Å². The summed E-state index contributed by atoms with van der Waals surface area (Å²) in [5.74, 6) is 0.898. The standard InChI is InChI=1S/C16H33N3O/c1-17(2)9-10-19(15-11-16(12-15)20-4)13-14-5-7-18(3)8-6-14/h14-16H,5-13H2,1-4H3. The summed E-state index contributed by atoms with van der Waals surface area (Å²) in [6, 6.07) is 0.763. The molecule has 0 spiro atoms. The summed E-state index contributed by atoms with van der Waals surface area (Å²) in [4.78, 5) is 7.50. The Morgan fingerprint density at radius 1 is 1.10 bits per heavy atom. The number of hydrogen-bond donors (Lipinski definition) is 0. The minimum atomic E-state index is 0.513. The van der Waals surface area contributed by atoms with E-state index in [2.05, 4.69) is 35.8 Å². The average Bonchev–Trinajstić information content (AvgIpc) is 2.37. The lowest BCUT2D eigenvalue weighted by molar-refractivity contribution is -0.0349. The van der Waals surface area contributed by atoms with Gasteiger partial charge >= 0.3 is 0 Å². The number of nitrogens with zero attached hydrogens (tertiary/aromatic N) is 3. The van der Waals surface area contributed by atoms with Crippen LogP contribution in [-0.4, -0.2) is 87.8 Å². The molecule has 1 saturated carbocycles. The lowest BCUT2D eigenvalue weighted by Crippen LogP contribution is -2.51. The van der Waals surface area contributed by atoms with Crippen molar-refractivity contribution in [2.75, 3.05) is 61.0 Å². The average molecular weight is 283 g/mol. The SMILES string of the molecule is COC1CC(N(CCN(C)C)CC2CCN(C)CC2)C1. The van der Waals surface area contributed by atoms with Crippen LogP contribution in [0.25, 0.3) is 0 Å². The molecule has 4 nitrogen and oxygen atoms in total. The summed E-state index contributed by atoms with van der Waals surface area (Å²) in [5, 5.41) is 0. The van der Waals surface area contributed by atoms with Crippen molar-refractivity contribution in [2.24, 2.45) is 5.92 Å². The minimum absolute atomic E-state index is 0.513. The smallest absolute Gasteiger partial charge is 0.0601 e. The molecule has 0 aromatic rings. The lowest BCUT2D eigenvalue weighted by atomic mass is 9.86. The van der Waals surface area contributed by atoms with Gasteiger partial charge in [0.15, 0.2) is 0 Å². The largest absolute Gasteiger partial charge is 0.381 e. The highest BCUT2D eigenvalue weighted by Gasteiger charge is 2.34. The minimum Gasteiger partial charge on any atom is -0.381 e. The Bertz CT molecular complexity index is 271. The molecule has 118 valence electrons. The number of likely N-dealkylation sites (tertiary alicyclic amines) is 1. The molecule has 0 N–H and O–H groups in total. The Morgan fingerprint density at radius 2 is 1.75 bits per heavy atom. The highest BCUT2D eigenvalue weighted by Crippen LogP contribution is 2.29. The zero-order chi connectivity index (χ0) is 14.5. The van der Waals surface area contributed by atoms with Crippen LogP contribution in [0.15, 0.2) is 0 Å². The summed E-state index contributed by atoms with van der Waals surface area (Å²) < 4.78 is 5.45. The van der Waals surface area contributed by atoms with Crippen molar-refractivity contribution in [2.45, 2.75) is 37.8 Å². The first-order valence-corrected chi connectivity index (χ1v) is 8.18. The van der Waals surface area contributed by atoms with Crippen molar-refractivity contribution in [1.29, 1.82) is 0 Å². The first kappa shape index (κ1) is 16.2. The fraction of sp³-hybridized carbons (Fsp3) is 1.00. The Balaban J connectivity index is 1.79. The second kappa shape index (κ2) is 7.74. The van der Waals surface area contributed by atoms with E-state index in [1.807, 2.05) is 7.11 Å². The van der Waals surface area contributed by atoms with Crippen molar-refractivity contribution in [3.05, 3.63) is 0 Å². The van der Waals surface area contributed by atoms with Crippen molar-refractivity contribution in [3.8, 4) is 0 Å². The third-order valence-electron chi connectivity index (χ3n) is 5.08. The monoisotopic (exact) mass is 283 g/mol. The maximum Gasteiger partial charge on any atom is 0.0601 e. The summed E-state index contributed by atoms with van der Waals surface area (Å²) in [6.45, 7) is 6.22. The van der Waals surface area contributed by atoms with Crippen molar-refractivity contribution in [1.82, 2.24) is 14.7 Å². The van der Waals surface area contributed by atoms with Crippen molar-refractivity contribution in [3.63, 3.8) is 0 Å².